The maximum atomic E-state index is 12.2. The summed E-state index contributed by atoms with van der Waals surface area (Å²) in [5.74, 6) is 0.550. The summed E-state index contributed by atoms with van der Waals surface area (Å²) in [5.41, 5.74) is 2.35. The van der Waals surface area contributed by atoms with E-state index in [-0.39, 0.29) is 18.6 Å². The zero-order chi connectivity index (χ0) is 16.7. The maximum Gasteiger partial charge on any atom is 0.255 e. The first-order valence-corrected chi connectivity index (χ1v) is 7.51. The molecule has 0 aromatic heterocycles. The number of amides is 1. The minimum atomic E-state index is -0.165. The highest BCUT2D eigenvalue weighted by atomic mass is 16.5. The number of benzene rings is 2. The van der Waals surface area contributed by atoms with Gasteiger partial charge in [-0.15, -0.1) is 0 Å². The fraction of sp³-hybridized carbons (Fsp3) is 0.278. The van der Waals surface area contributed by atoms with Crippen molar-refractivity contribution in [3.63, 3.8) is 0 Å². The molecule has 5 nitrogen and oxygen atoms in total. The Labute approximate surface area is 136 Å². The van der Waals surface area contributed by atoms with Gasteiger partial charge in [0.15, 0.2) is 0 Å². The average molecular weight is 314 g/mol. The van der Waals surface area contributed by atoms with Crippen LogP contribution in [0.3, 0.4) is 0 Å². The number of hydrogen-bond acceptors (Lipinski definition) is 4. The third-order valence-electron chi connectivity index (χ3n) is 3.47. The molecule has 0 spiro atoms. The number of anilines is 1. The van der Waals surface area contributed by atoms with E-state index in [1.54, 1.807) is 31.4 Å². The van der Waals surface area contributed by atoms with Crippen LogP contribution in [0.2, 0.25) is 0 Å². The van der Waals surface area contributed by atoms with Gasteiger partial charge < -0.3 is 20.5 Å². The van der Waals surface area contributed by atoms with Crippen LogP contribution in [0.25, 0.3) is 0 Å². The van der Waals surface area contributed by atoms with E-state index in [2.05, 4.69) is 10.6 Å². The van der Waals surface area contributed by atoms with Gasteiger partial charge in [0.05, 0.1) is 13.7 Å². The summed E-state index contributed by atoms with van der Waals surface area (Å²) >= 11 is 0. The average Bonchev–Trinajstić information content (AvgIpc) is 2.60. The van der Waals surface area contributed by atoms with Crippen molar-refractivity contribution in [3.8, 4) is 5.75 Å². The van der Waals surface area contributed by atoms with E-state index in [0.29, 0.717) is 17.9 Å². The summed E-state index contributed by atoms with van der Waals surface area (Å²) < 4.78 is 5.08. The van der Waals surface area contributed by atoms with Gasteiger partial charge in [0.25, 0.3) is 5.91 Å². The molecular weight excluding hydrogens is 292 g/mol. The van der Waals surface area contributed by atoms with E-state index < -0.39 is 0 Å². The molecule has 0 aliphatic rings. The Kier molecular flexibility index (Phi) is 6.14. The predicted octanol–water partition coefficient (Wildman–Crippen LogP) is 2.42. The van der Waals surface area contributed by atoms with Crippen molar-refractivity contribution in [1.82, 2.24) is 5.32 Å². The highest BCUT2D eigenvalue weighted by Gasteiger charge is 2.07. The molecule has 0 saturated carbocycles. The van der Waals surface area contributed by atoms with Crippen LogP contribution >= 0.6 is 0 Å². The minimum Gasteiger partial charge on any atom is -0.497 e. The van der Waals surface area contributed by atoms with Gasteiger partial charge in [0.1, 0.15) is 5.75 Å². The van der Waals surface area contributed by atoms with Crippen LogP contribution in [0.5, 0.6) is 5.75 Å². The topological polar surface area (TPSA) is 70.6 Å². The third kappa shape index (κ3) is 5.09. The lowest BCUT2D eigenvalue weighted by atomic mass is 10.1. The number of rotatable bonds is 7. The zero-order valence-corrected chi connectivity index (χ0v) is 13.4. The molecule has 0 bridgehead atoms. The van der Waals surface area contributed by atoms with Crippen molar-refractivity contribution in [1.29, 1.82) is 0 Å². The van der Waals surface area contributed by atoms with E-state index in [9.17, 15) is 4.79 Å². The molecule has 0 aliphatic heterocycles. The van der Waals surface area contributed by atoms with Gasteiger partial charge in [-0.2, -0.15) is 0 Å². The van der Waals surface area contributed by atoms with E-state index >= 15 is 0 Å². The minimum absolute atomic E-state index is 0.0348. The number of carbonyl (C=O) groups is 1. The van der Waals surface area contributed by atoms with Gasteiger partial charge in [-0.3, -0.25) is 4.79 Å². The van der Waals surface area contributed by atoms with Crippen molar-refractivity contribution in [3.05, 3.63) is 59.7 Å². The lowest BCUT2D eigenvalue weighted by Crippen LogP contribution is -2.28. The summed E-state index contributed by atoms with van der Waals surface area (Å²) in [6.45, 7) is 2.64. The van der Waals surface area contributed by atoms with E-state index in [4.69, 9.17) is 9.84 Å². The number of aliphatic hydroxyl groups is 1. The van der Waals surface area contributed by atoms with Gasteiger partial charge in [0.2, 0.25) is 0 Å². The fourth-order valence-electron chi connectivity index (χ4n) is 2.06. The predicted molar refractivity (Wildman–Crippen MR) is 90.8 cm³/mol. The van der Waals surface area contributed by atoms with Crippen molar-refractivity contribution in [2.75, 3.05) is 19.0 Å². The van der Waals surface area contributed by atoms with Gasteiger partial charge in [-0.25, -0.2) is 0 Å². The smallest absolute Gasteiger partial charge is 0.255 e. The van der Waals surface area contributed by atoms with Crippen LogP contribution in [0, 0.1) is 0 Å². The van der Waals surface area contributed by atoms with E-state index in [1.165, 1.54) is 0 Å². The largest absolute Gasteiger partial charge is 0.497 e. The van der Waals surface area contributed by atoms with Crippen molar-refractivity contribution >= 4 is 11.6 Å². The molecule has 0 heterocycles. The van der Waals surface area contributed by atoms with Crippen molar-refractivity contribution < 1.29 is 14.6 Å². The number of nitrogens with one attached hydrogen (secondary N) is 2. The van der Waals surface area contributed by atoms with Crippen molar-refractivity contribution in [2.24, 2.45) is 0 Å². The number of hydrogen-bond donors (Lipinski definition) is 3. The molecule has 0 aliphatic carbocycles. The van der Waals surface area contributed by atoms with E-state index in [0.717, 1.165) is 11.3 Å². The highest BCUT2D eigenvalue weighted by Crippen LogP contribution is 2.15. The molecule has 1 atom stereocenters. The maximum absolute atomic E-state index is 12.2. The van der Waals surface area contributed by atoms with Crippen LogP contribution in [0.1, 0.15) is 22.8 Å². The Morgan fingerprint density at radius 2 is 1.96 bits per heavy atom. The Hall–Kier alpha value is -2.37. The summed E-state index contributed by atoms with van der Waals surface area (Å²) in [5, 5.41) is 15.1. The van der Waals surface area contributed by atoms with Crippen LogP contribution in [-0.4, -0.2) is 30.8 Å². The Morgan fingerprint density at radius 1 is 1.22 bits per heavy atom. The fourth-order valence-corrected chi connectivity index (χ4v) is 2.06. The summed E-state index contributed by atoms with van der Waals surface area (Å²) in [7, 11) is 1.59. The molecule has 0 radical (unpaired) electrons. The molecule has 122 valence electrons. The first kappa shape index (κ1) is 17.0. The van der Waals surface area contributed by atoms with Crippen LogP contribution in [0.15, 0.2) is 48.5 Å². The summed E-state index contributed by atoms with van der Waals surface area (Å²) in [6.07, 6.45) is 0. The molecule has 2 aromatic rings. The molecule has 3 N–H and O–H groups in total. The Balaban J connectivity index is 2.00. The van der Waals surface area contributed by atoms with Crippen LogP contribution in [-0.2, 0) is 6.54 Å². The first-order valence-electron chi connectivity index (χ1n) is 7.51. The second kappa shape index (κ2) is 8.31. The molecule has 0 saturated heterocycles. The number of aliphatic hydroxyl groups excluding tert-OH is 1. The first-order chi connectivity index (χ1) is 11.1. The Morgan fingerprint density at radius 3 is 2.61 bits per heavy atom. The van der Waals surface area contributed by atoms with Crippen molar-refractivity contribution in [2.45, 2.75) is 19.5 Å². The molecule has 0 fully saturated rings. The number of ether oxygens (including phenoxy) is 1. The van der Waals surface area contributed by atoms with Crippen LogP contribution in [0.4, 0.5) is 5.69 Å². The van der Waals surface area contributed by atoms with Gasteiger partial charge in [0, 0.05) is 23.8 Å². The lowest BCUT2D eigenvalue weighted by Gasteiger charge is -2.12. The van der Waals surface area contributed by atoms with Gasteiger partial charge in [-0.05, 0) is 48.9 Å². The summed E-state index contributed by atoms with van der Waals surface area (Å²) in [6, 6.07) is 14.6. The molecule has 5 heteroatoms. The number of carbonyl (C=O) groups excluding carboxylic acids is 1. The quantitative estimate of drug-likeness (QED) is 0.734. The van der Waals surface area contributed by atoms with Crippen LogP contribution < -0.4 is 15.4 Å². The molecule has 1 amide bonds. The summed E-state index contributed by atoms with van der Waals surface area (Å²) in [4.78, 5) is 12.2. The lowest BCUT2D eigenvalue weighted by molar-refractivity contribution is 0.102. The van der Waals surface area contributed by atoms with Gasteiger partial charge >= 0.3 is 0 Å². The normalized spacial score (nSPS) is 11.8. The zero-order valence-electron chi connectivity index (χ0n) is 13.4. The standard InChI is InChI=1S/C18H22N2O3/c1-13(12-21)19-11-14-4-3-5-16(10-14)20-18(22)15-6-8-17(23-2)9-7-15/h3-10,13,19,21H,11-12H2,1-2H3,(H,20,22)/t13-/m1/s1. The molecule has 23 heavy (non-hydrogen) atoms. The monoisotopic (exact) mass is 314 g/mol. The SMILES string of the molecule is COc1ccc(C(=O)Nc2cccc(CN[C@H](C)CO)c2)cc1. The number of methoxy groups -OCH3 is 1. The van der Waals surface area contributed by atoms with E-state index in [1.807, 2.05) is 31.2 Å². The second-order valence-electron chi connectivity index (χ2n) is 5.35. The Bertz CT molecular complexity index is 641. The molecular formula is C18H22N2O3. The second-order valence-corrected chi connectivity index (χ2v) is 5.35. The third-order valence-corrected chi connectivity index (χ3v) is 3.47. The van der Waals surface area contributed by atoms with Gasteiger partial charge in [-0.1, -0.05) is 12.1 Å². The highest BCUT2D eigenvalue weighted by molar-refractivity contribution is 6.04. The molecule has 2 aromatic carbocycles. The molecule has 0 unspecified atom stereocenters. The molecule has 2 rings (SSSR count).